The zero-order valence-corrected chi connectivity index (χ0v) is 11.5. The Hall–Kier alpha value is -2.70. The molecule has 21 heavy (non-hydrogen) atoms. The zero-order chi connectivity index (χ0) is 15.7. The fraction of sp³-hybridized carbons (Fsp3) is 0.286. The molecule has 0 unspecified atom stereocenters. The molecule has 112 valence electrons. The standard InChI is InChI=1S/C14H17N3O4/c1-2-12(18)16-10-6-5-7-11(15-10)17-13(19)8-3-4-9-14(20)21/h2,5-7H,1,3-4,8-9H2,(H,20,21)(H2,15,16,17,18,19). The van der Waals surface area contributed by atoms with E-state index in [2.05, 4.69) is 22.2 Å². The van der Waals surface area contributed by atoms with E-state index >= 15 is 0 Å². The molecule has 0 bridgehead atoms. The SMILES string of the molecule is C=CC(=O)Nc1cccc(NC(=O)CCCCC(=O)O)n1. The summed E-state index contributed by atoms with van der Waals surface area (Å²) < 4.78 is 0. The highest BCUT2D eigenvalue weighted by Crippen LogP contribution is 2.10. The quantitative estimate of drug-likeness (QED) is 0.500. The van der Waals surface area contributed by atoms with Crippen LogP contribution in [-0.4, -0.2) is 27.9 Å². The van der Waals surface area contributed by atoms with Gasteiger partial charge < -0.3 is 15.7 Å². The molecule has 0 aliphatic carbocycles. The highest BCUT2D eigenvalue weighted by atomic mass is 16.4. The number of unbranched alkanes of at least 4 members (excludes halogenated alkanes) is 1. The number of carboxylic acids is 1. The summed E-state index contributed by atoms with van der Waals surface area (Å²) in [7, 11) is 0. The predicted molar refractivity (Wildman–Crippen MR) is 77.8 cm³/mol. The predicted octanol–water partition coefficient (Wildman–Crippen LogP) is 1.79. The summed E-state index contributed by atoms with van der Waals surface area (Å²) >= 11 is 0. The summed E-state index contributed by atoms with van der Waals surface area (Å²) in [5, 5.41) is 13.6. The van der Waals surface area contributed by atoms with E-state index < -0.39 is 5.97 Å². The first-order valence-corrected chi connectivity index (χ1v) is 6.43. The maximum absolute atomic E-state index is 11.6. The number of aromatic nitrogens is 1. The van der Waals surface area contributed by atoms with Gasteiger partial charge in [-0.2, -0.15) is 0 Å². The molecule has 1 aromatic heterocycles. The van der Waals surface area contributed by atoms with Gasteiger partial charge in [-0.25, -0.2) is 4.98 Å². The molecule has 0 spiro atoms. The lowest BCUT2D eigenvalue weighted by Gasteiger charge is -2.06. The summed E-state index contributed by atoms with van der Waals surface area (Å²) in [6.07, 6.45) is 2.33. The highest BCUT2D eigenvalue weighted by molar-refractivity contribution is 5.98. The lowest BCUT2D eigenvalue weighted by Crippen LogP contribution is -2.14. The first kappa shape index (κ1) is 16.4. The van der Waals surface area contributed by atoms with Crippen LogP contribution >= 0.6 is 0 Å². The van der Waals surface area contributed by atoms with Crippen LogP contribution in [0.4, 0.5) is 11.6 Å². The molecular weight excluding hydrogens is 274 g/mol. The van der Waals surface area contributed by atoms with Crippen molar-refractivity contribution in [2.24, 2.45) is 0 Å². The first-order chi connectivity index (χ1) is 10.0. The number of carboxylic acid groups (broad SMARTS) is 1. The van der Waals surface area contributed by atoms with Crippen LogP contribution in [0.2, 0.25) is 0 Å². The number of amides is 2. The van der Waals surface area contributed by atoms with Gasteiger partial charge in [-0.1, -0.05) is 12.6 Å². The minimum Gasteiger partial charge on any atom is -0.481 e. The number of nitrogens with one attached hydrogen (secondary N) is 2. The van der Waals surface area contributed by atoms with Gasteiger partial charge in [-0.15, -0.1) is 0 Å². The average molecular weight is 291 g/mol. The molecule has 0 atom stereocenters. The van der Waals surface area contributed by atoms with Crippen LogP contribution in [0.25, 0.3) is 0 Å². The minimum atomic E-state index is -0.872. The van der Waals surface area contributed by atoms with Gasteiger partial charge in [-0.05, 0) is 31.1 Å². The molecule has 2 amide bonds. The fourth-order valence-corrected chi connectivity index (χ4v) is 1.52. The van der Waals surface area contributed by atoms with E-state index in [1.165, 1.54) is 0 Å². The largest absolute Gasteiger partial charge is 0.481 e. The molecule has 0 saturated carbocycles. The van der Waals surface area contributed by atoms with Crippen LogP contribution in [-0.2, 0) is 14.4 Å². The molecule has 1 heterocycles. The van der Waals surface area contributed by atoms with Gasteiger partial charge in [0.05, 0.1) is 0 Å². The number of carbonyl (C=O) groups is 3. The van der Waals surface area contributed by atoms with E-state index in [-0.39, 0.29) is 24.7 Å². The smallest absolute Gasteiger partial charge is 0.303 e. The number of hydrogen-bond acceptors (Lipinski definition) is 4. The van der Waals surface area contributed by atoms with E-state index in [9.17, 15) is 14.4 Å². The lowest BCUT2D eigenvalue weighted by atomic mass is 10.2. The van der Waals surface area contributed by atoms with Crippen molar-refractivity contribution in [2.75, 3.05) is 10.6 Å². The molecular formula is C14H17N3O4. The van der Waals surface area contributed by atoms with Crippen molar-refractivity contribution in [3.05, 3.63) is 30.9 Å². The van der Waals surface area contributed by atoms with E-state index in [0.717, 1.165) is 6.08 Å². The fourth-order valence-electron chi connectivity index (χ4n) is 1.52. The van der Waals surface area contributed by atoms with Gasteiger partial charge in [0.2, 0.25) is 11.8 Å². The molecule has 7 heteroatoms. The summed E-state index contributed by atoms with van der Waals surface area (Å²) in [5.41, 5.74) is 0. The molecule has 0 aromatic carbocycles. The maximum Gasteiger partial charge on any atom is 0.303 e. The second-order valence-electron chi connectivity index (χ2n) is 4.25. The Balaban J connectivity index is 2.45. The van der Waals surface area contributed by atoms with E-state index in [4.69, 9.17) is 5.11 Å². The summed E-state index contributed by atoms with van der Waals surface area (Å²) in [6.45, 7) is 3.33. The topological polar surface area (TPSA) is 108 Å². The van der Waals surface area contributed by atoms with Gasteiger partial charge in [0.25, 0.3) is 0 Å². The number of pyridine rings is 1. The Bertz CT molecular complexity index is 543. The van der Waals surface area contributed by atoms with Crippen LogP contribution in [0.5, 0.6) is 0 Å². The Labute approximate surface area is 122 Å². The van der Waals surface area contributed by atoms with Crippen molar-refractivity contribution in [3.63, 3.8) is 0 Å². The molecule has 0 radical (unpaired) electrons. The zero-order valence-electron chi connectivity index (χ0n) is 11.5. The van der Waals surface area contributed by atoms with Gasteiger partial charge in [0.15, 0.2) is 0 Å². The molecule has 0 fully saturated rings. The normalized spacial score (nSPS) is 9.71. The maximum atomic E-state index is 11.6. The van der Waals surface area contributed by atoms with Gasteiger partial charge in [0.1, 0.15) is 11.6 Å². The van der Waals surface area contributed by atoms with Crippen LogP contribution in [0.15, 0.2) is 30.9 Å². The minimum absolute atomic E-state index is 0.0502. The molecule has 0 saturated heterocycles. The number of rotatable bonds is 8. The van der Waals surface area contributed by atoms with Gasteiger partial charge in [-0.3, -0.25) is 14.4 Å². The summed E-state index contributed by atoms with van der Waals surface area (Å²) in [5.74, 6) is -0.883. The molecule has 3 N–H and O–H groups in total. The van der Waals surface area contributed by atoms with Crippen LogP contribution in [0.3, 0.4) is 0 Å². The van der Waals surface area contributed by atoms with Crippen molar-refractivity contribution < 1.29 is 19.5 Å². The Morgan fingerprint density at radius 1 is 1.14 bits per heavy atom. The van der Waals surface area contributed by atoms with Crippen molar-refractivity contribution in [3.8, 4) is 0 Å². The van der Waals surface area contributed by atoms with Crippen molar-refractivity contribution in [2.45, 2.75) is 25.7 Å². The average Bonchev–Trinajstić information content (AvgIpc) is 2.43. The van der Waals surface area contributed by atoms with E-state index in [0.29, 0.717) is 24.5 Å². The molecule has 1 aromatic rings. The number of nitrogens with zero attached hydrogens (tertiary/aromatic N) is 1. The van der Waals surface area contributed by atoms with Crippen molar-refractivity contribution >= 4 is 29.4 Å². The van der Waals surface area contributed by atoms with Crippen LogP contribution < -0.4 is 10.6 Å². The second kappa shape index (κ2) is 8.47. The van der Waals surface area contributed by atoms with Crippen molar-refractivity contribution in [1.82, 2.24) is 4.98 Å². The Morgan fingerprint density at radius 3 is 2.38 bits per heavy atom. The third kappa shape index (κ3) is 6.86. The highest BCUT2D eigenvalue weighted by Gasteiger charge is 2.06. The van der Waals surface area contributed by atoms with Crippen LogP contribution in [0, 0.1) is 0 Å². The molecule has 7 nitrogen and oxygen atoms in total. The monoisotopic (exact) mass is 291 g/mol. The number of anilines is 2. The summed E-state index contributed by atoms with van der Waals surface area (Å²) in [4.78, 5) is 37.2. The number of carbonyl (C=O) groups excluding carboxylic acids is 2. The first-order valence-electron chi connectivity index (χ1n) is 6.43. The number of hydrogen-bond donors (Lipinski definition) is 3. The number of aliphatic carboxylic acids is 1. The van der Waals surface area contributed by atoms with E-state index in [1.54, 1.807) is 18.2 Å². The molecule has 0 aliphatic rings. The third-order valence-corrected chi connectivity index (χ3v) is 2.50. The van der Waals surface area contributed by atoms with Gasteiger partial charge in [0, 0.05) is 12.8 Å². The van der Waals surface area contributed by atoms with Crippen molar-refractivity contribution in [1.29, 1.82) is 0 Å². The van der Waals surface area contributed by atoms with Crippen LogP contribution in [0.1, 0.15) is 25.7 Å². The summed E-state index contributed by atoms with van der Waals surface area (Å²) in [6, 6.07) is 4.83. The second-order valence-corrected chi connectivity index (χ2v) is 4.25. The Kier molecular flexibility index (Phi) is 6.59. The van der Waals surface area contributed by atoms with E-state index in [1.807, 2.05) is 0 Å². The Morgan fingerprint density at radius 2 is 1.76 bits per heavy atom. The lowest BCUT2D eigenvalue weighted by molar-refractivity contribution is -0.137. The molecule has 1 rings (SSSR count). The van der Waals surface area contributed by atoms with Gasteiger partial charge >= 0.3 is 5.97 Å². The molecule has 0 aliphatic heterocycles. The third-order valence-electron chi connectivity index (χ3n) is 2.50.